The fourth-order valence-electron chi connectivity index (χ4n) is 2.24. The topological polar surface area (TPSA) is 33.5 Å². The lowest BCUT2D eigenvalue weighted by Gasteiger charge is -2.21. The van der Waals surface area contributed by atoms with Gasteiger partial charge in [0, 0.05) is 19.2 Å². The molecule has 21 heavy (non-hydrogen) atoms. The minimum atomic E-state index is 0.0938. The predicted molar refractivity (Wildman–Crippen MR) is 88.1 cm³/mol. The average molecular weight is 291 g/mol. The van der Waals surface area contributed by atoms with Crippen LogP contribution in [0.1, 0.15) is 63.9 Å². The zero-order chi connectivity index (χ0) is 15.5. The van der Waals surface area contributed by atoms with Gasteiger partial charge in [-0.1, -0.05) is 39.5 Å². The molecule has 0 aliphatic carbocycles. The molecule has 0 bridgehead atoms. The first kappa shape index (κ1) is 17.5. The van der Waals surface area contributed by atoms with E-state index in [0.29, 0.717) is 0 Å². The largest absolute Gasteiger partial charge is 0.462 e. The van der Waals surface area contributed by atoms with Crippen LogP contribution in [-0.4, -0.2) is 23.9 Å². The summed E-state index contributed by atoms with van der Waals surface area (Å²) < 4.78 is 5.45. The van der Waals surface area contributed by atoms with Gasteiger partial charge in [-0.15, -0.1) is 0 Å². The van der Waals surface area contributed by atoms with Gasteiger partial charge in [0.15, 0.2) is 0 Å². The van der Waals surface area contributed by atoms with Crippen molar-refractivity contribution < 1.29 is 9.21 Å². The number of carbonyl (C=O) groups is 1. The molecule has 1 aromatic rings. The molecule has 0 fully saturated rings. The van der Waals surface area contributed by atoms with E-state index in [4.69, 9.17) is 4.42 Å². The van der Waals surface area contributed by atoms with Gasteiger partial charge in [-0.05, 0) is 38.0 Å². The van der Waals surface area contributed by atoms with Crippen molar-refractivity contribution in [2.45, 2.75) is 59.3 Å². The van der Waals surface area contributed by atoms with Gasteiger partial charge in [0.05, 0.1) is 0 Å². The number of hydrogen-bond donors (Lipinski definition) is 0. The van der Waals surface area contributed by atoms with Crippen molar-refractivity contribution in [3.63, 3.8) is 0 Å². The zero-order valence-corrected chi connectivity index (χ0v) is 13.7. The second kappa shape index (κ2) is 10.3. The van der Waals surface area contributed by atoms with Gasteiger partial charge < -0.3 is 9.32 Å². The molecule has 1 amide bonds. The molecule has 0 spiro atoms. The molecule has 0 N–H and O–H groups in total. The fourth-order valence-corrected chi connectivity index (χ4v) is 2.24. The predicted octanol–water partition coefficient (Wildman–Crippen LogP) is 4.81. The highest BCUT2D eigenvalue weighted by Crippen LogP contribution is 2.09. The van der Waals surface area contributed by atoms with E-state index in [1.165, 1.54) is 25.7 Å². The Hall–Kier alpha value is -1.51. The van der Waals surface area contributed by atoms with Gasteiger partial charge in [-0.2, -0.15) is 0 Å². The van der Waals surface area contributed by atoms with E-state index in [1.807, 2.05) is 24.0 Å². The van der Waals surface area contributed by atoms with Crippen LogP contribution in [0.2, 0.25) is 0 Å². The maximum absolute atomic E-state index is 12.3. The van der Waals surface area contributed by atoms with Gasteiger partial charge >= 0.3 is 0 Å². The van der Waals surface area contributed by atoms with E-state index in [1.54, 1.807) is 12.2 Å². The van der Waals surface area contributed by atoms with Crippen LogP contribution in [0.15, 0.2) is 22.6 Å². The van der Waals surface area contributed by atoms with Crippen LogP contribution in [0.25, 0.3) is 6.08 Å². The van der Waals surface area contributed by atoms with Crippen molar-refractivity contribution in [2.75, 3.05) is 13.1 Å². The highest BCUT2D eigenvalue weighted by Gasteiger charge is 2.09. The minimum Gasteiger partial charge on any atom is -0.462 e. The molecule has 1 rings (SSSR count). The third-order valence-corrected chi connectivity index (χ3v) is 3.53. The smallest absolute Gasteiger partial charge is 0.246 e. The first-order valence-corrected chi connectivity index (χ1v) is 8.20. The third-order valence-electron chi connectivity index (χ3n) is 3.53. The van der Waals surface area contributed by atoms with Gasteiger partial charge in [-0.3, -0.25) is 4.79 Å². The Morgan fingerprint density at radius 3 is 2.19 bits per heavy atom. The molecule has 0 atom stereocenters. The summed E-state index contributed by atoms with van der Waals surface area (Å²) in [5.41, 5.74) is 0. The van der Waals surface area contributed by atoms with Gasteiger partial charge in [0.1, 0.15) is 11.5 Å². The summed E-state index contributed by atoms with van der Waals surface area (Å²) in [7, 11) is 0. The maximum atomic E-state index is 12.3. The number of hydrogen-bond acceptors (Lipinski definition) is 2. The summed E-state index contributed by atoms with van der Waals surface area (Å²) in [5.74, 6) is 1.70. The number of furan rings is 1. The molecule has 0 aromatic carbocycles. The molecule has 0 saturated carbocycles. The van der Waals surface area contributed by atoms with Crippen LogP contribution < -0.4 is 0 Å². The molecule has 0 aliphatic rings. The zero-order valence-electron chi connectivity index (χ0n) is 13.7. The van der Waals surface area contributed by atoms with Gasteiger partial charge in [0.2, 0.25) is 5.91 Å². The number of aryl methyl sites for hydroxylation is 1. The number of unbranched alkanes of at least 4 members (excludes halogenated alkanes) is 4. The van der Waals surface area contributed by atoms with E-state index < -0.39 is 0 Å². The molecule has 3 nitrogen and oxygen atoms in total. The Balaban J connectivity index is 2.53. The lowest BCUT2D eigenvalue weighted by atomic mass is 10.2. The second-order valence-electron chi connectivity index (χ2n) is 5.52. The molecule has 0 saturated heterocycles. The summed E-state index contributed by atoms with van der Waals surface area (Å²) in [5, 5.41) is 0. The summed E-state index contributed by atoms with van der Waals surface area (Å²) in [6.45, 7) is 7.99. The lowest BCUT2D eigenvalue weighted by Crippen LogP contribution is -2.31. The van der Waals surface area contributed by atoms with Crippen molar-refractivity contribution in [1.82, 2.24) is 4.90 Å². The monoisotopic (exact) mass is 291 g/mol. The second-order valence-corrected chi connectivity index (χ2v) is 5.52. The standard InChI is InChI=1S/C18H29NO2/c1-4-6-8-14-19(15-9-7-5-2)18(20)13-12-17-11-10-16(3)21-17/h10-13H,4-9,14-15H2,1-3H3/b13-12+. The van der Waals surface area contributed by atoms with Gasteiger partial charge in [0.25, 0.3) is 0 Å². The third kappa shape index (κ3) is 7.16. The van der Waals surface area contributed by atoms with E-state index in [0.717, 1.165) is 37.5 Å². The highest BCUT2D eigenvalue weighted by atomic mass is 16.3. The van der Waals surface area contributed by atoms with Crippen molar-refractivity contribution in [3.05, 3.63) is 29.7 Å². The summed E-state index contributed by atoms with van der Waals surface area (Å²) in [4.78, 5) is 14.3. The molecular formula is C18H29NO2. The molecule has 118 valence electrons. The number of carbonyl (C=O) groups excluding carboxylic acids is 1. The Labute approximate surface area is 129 Å². The van der Waals surface area contributed by atoms with Crippen LogP contribution in [-0.2, 0) is 4.79 Å². The normalized spacial score (nSPS) is 11.2. The van der Waals surface area contributed by atoms with Crippen molar-refractivity contribution in [1.29, 1.82) is 0 Å². The van der Waals surface area contributed by atoms with Gasteiger partial charge in [-0.25, -0.2) is 0 Å². The Bertz CT molecular complexity index is 424. The van der Waals surface area contributed by atoms with Crippen LogP contribution in [0.5, 0.6) is 0 Å². The first-order valence-electron chi connectivity index (χ1n) is 8.20. The van der Waals surface area contributed by atoms with Crippen LogP contribution in [0.4, 0.5) is 0 Å². The average Bonchev–Trinajstić information content (AvgIpc) is 2.89. The highest BCUT2D eigenvalue weighted by molar-refractivity contribution is 5.91. The number of rotatable bonds is 10. The molecule has 0 aliphatic heterocycles. The molecule has 3 heteroatoms. The van der Waals surface area contributed by atoms with E-state index in [-0.39, 0.29) is 5.91 Å². The van der Waals surface area contributed by atoms with Crippen molar-refractivity contribution in [2.24, 2.45) is 0 Å². The molecule has 1 heterocycles. The van der Waals surface area contributed by atoms with E-state index in [9.17, 15) is 4.79 Å². The molecule has 0 unspecified atom stereocenters. The Morgan fingerprint density at radius 1 is 1.10 bits per heavy atom. The van der Waals surface area contributed by atoms with Crippen LogP contribution in [0.3, 0.4) is 0 Å². The van der Waals surface area contributed by atoms with E-state index >= 15 is 0 Å². The first-order chi connectivity index (χ1) is 10.2. The summed E-state index contributed by atoms with van der Waals surface area (Å²) in [6.07, 6.45) is 10.3. The Kier molecular flexibility index (Phi) is 8.56. The number of amides is 1. The molecular weight excluding hydrogens is 262 g/mol. The maximum Gasteiger partial charge on any atom is 0.246 e. The van der Waals surface area contributed by atoms with Crippen LogP contribution in [0, 0.1) is 6.92 Å². The Morgan fingerprint density at radius 2 is 1.71 bits per heavy atom. The lowest BCUT2D eigenvalue weighted by molar-refractivity contribution is -0.126. The van der Waals surface area contributed by atoms with Crippen LogP contribution >= 0.6 is 0 Å². The SMILES string of the molecule is CCCCCN(CCCCC)C(=O)/C=C/c1ccc(C)o1. The quantitative estimate of drug-likeness (QED) is 0.458. The summed E-state index contributed by atoms with van der Waals surface area (Å²) in [6, 6.07) is 3.79. The van der Waals surface area contributed by atoms with Crippen molar-refractivity contribution in [3.8, 4) is 0 Å². The van der Waals surface area contributed by atoms with E-state index in [2.05, 4.69) is 13.8 Å². The minimum absolute atomic E-state index is 0.0938. The molecule has 0 radical (unpaired) electrons. The van der Waals surface area contributed by atoms with Crippen molar-refractivity contribution >= 4 is 12.0 Å². The number of nitrogens with zero attached hydrogens (tertiary/aromatic N) is 1. The summed E-state index contributed by atoms with van der Waals surface area (Å²) >= 11 is 0. The molecule has 1 aromatic heterocycles. The fraction of sp³-hybridized carbons (Fsp3) is 0.611.